The lowest BCUT2D eigenvalue weighted by Gasteiger charge is -2.44. The van der Waals surface area contributed by atoms with Crippen LogP contribution < -0.4 is 0 Å². The fourth-order valence-electron chi connectivity index (χ4n) is 5.17. The number of nitrogens with zero attached hydrogens (tertiary/aromatic N) is 2. The minimum atomic E-state index is -0.692. The highest BCUT2D eigenvalue weighted by Gasteiger charge is 2.48. The zero-order valence-corrected chi connectivity index (χ0v) is 18.2. The SMILES string of the molecule is CC#Cc1cc(C)c(C2C(=O)CC3(CCN(C(=O)c4cnco4)CC3)CC2=O)c(C)c1. The maximum atomic E-state index is 13.2. The molecule has 6 nitrogen and oxygen atoms in total. The first-order chi connectivity index (χ1) is 14.8. The van der Waals surface area contributed by atoms with Gasteiger partial charge in [0, 0.05) is 31.5 Å². The Labute approximate surface area is 182 Å². The summed E-state index contributed by atoms with van der Waals surface area (Å²) in [5.74, 6) is 5.26. The van der Waals surface area contributed by atoms with Gasteiger partial charge in [-0.2, -0.15) is 0 Å². The summed E-state index contributed by atoms with van der Waals surface area (Å²) < 4.78 is 5.11. The Morgan fingerprint density at radius 2 is 1.74 bits per heavy atom. The van der Waals surface area contributed by atoms with Crippen LogP contribution in [-0.4, -0.2) is 40.4 Å². The fraction of sp³-hybridized carbons (Fsp3) is 0.440. The highest BCUT2D eigenvalue weighted by atomic mass is 16.3. The smallest absolute Gasteiger partial charge is 0.291 e. The van der Waals surface area contributed by atoms with Crippen molar-refractivity contribution in [2.24, 2.45) is 5.41 Å². The van der Waals surface area contributed by atoms with E-state index in [4.69, 9.17) is 4.42 Å². The number of rotatable bonds is 2. The number of ketones is 2. The van der Waals surface area contributed by atoms with Gasteiger partial charge >= 0.3 is 0 Å². The minimum absolute atomic E-state index is 0.00760. The summed E-state index contributed by atoms with van der Waals surface area (Å²) in [6.07, 6.45) is 4.68. The van der Waals surface area contributed by atoms with Crippen molar-refractivity contribution in [2.75, 3.05) is 13.1 Å². The van der Waals surface area contributed by atoms with E-state index in [0.29, 0.717) is 38.8 Å². The van der Waals surface area contributed by atoms with Gasteiger partial charge < -0.3 is 9.32 Å². The molecule has 1 aliphatic carbocycles. The first kappa shape index (κ1) is 21.0. The lowest BCUT2D eigenvalue weighted by molar-refractivity contribution is -0.138. The Morgan fingerprint density at radius 1 is 1.13 bits per heavy atom. The van der Waals surface area contributed by atoms with Crippen LogP contribution in [0.4, 0.5) is 0 Å². The molecule has 1 spiro atoms. The molecule has 2 heterocycles. The highest BCUT2D eigenvalue weighted by molar-refractivity contribution is 6.10. The number of hydrogen-bond donors (Lipinski definition) is 0. The third kappa shape index (κ3) is 3.93. The van der Waals surface area contributed by atoms with Crippen LogP contribution in [0.2, 0.25) is 0 Å². The number of likely N-dealkylation sites (tertiary alicyclic amines) is 1. The summed E-state index contributed by atoms with van der Waals surface area (Å²) in [6, 6.07) is 3.91. The predicted molar refractivity (Wildman–Crippen MR) is 115 cm³/mol. The summed E-state index contributed by atoms with van der Waals surface area (Å²) in [6.45, 7) is 6.69. The molecule has 160 valence electrons. The predicted octanol–water partition coefficient (Wildman–Crippen LogP) is 3.60. The van der Waals surface area contributed by atoms with Crippen LogP contribution in [0.5, 0.6) is 0 Å². The van der Waals surface area contributed by atoms with Gasteiger partial charge in [-0.1, -0.05) is 5.92 Å². The van der Waals surface area contributed by atoms with Crippen molar-refractivity contribution in [3.8, 4) is 11.8 Å². The molecule has 0 unspecified atom stereocenters. The van der Waals surface area contributed by atoms with Gasteiger partial charge in [0.25, 0.3) is 5.91 Å². The second-order valence-corrected chi connectivity index (χ2v) is 8.78. The Balaban J connectivity index is 1.50. The number of aryl methyl sites for hydroxylation is 2. The van der Waals surface area contributed by atoms with Crippen LogP contribution in [-0.2, 0) is 9.59 Å². The zero-order chi connectivity index (χ0) is 22.2. The molecule has 6 heteroatoms. The third-order valence-electron chi connectivity index (χ3n) is 6.65. The average Bonchev–Trinajstić information content (AvgIpc) is 3.25. The van der Waals surface area contributed by atoms with E-state index >= 15 is 0 Å². The quantitative estimate of drug-likeness (QED) is 0.550. The molecule has 1 aromatic heterocycles. The normalized spacial score (nSPS) is 18.7. The molecule has 1 aliphatic heterocycles. The van der Waals surface area contributed by atoms with E-state index in [1.807, 2.05) is 26.0 Å². The number of carbonyl (C=O) groups is 3. The zero-order valence-electron chi connectivity index (χ0n) is 18.2. The molecule has 1 amide bonds. The summed E-state index contributed by atoms with van der Waals surface area (Å²) >= 11 is 0. The van der Waals surface area contributed by atoms with E-state index in [2.05, 4.69) is 16.8 Å². The molecular weight excluding hydrogens is 392 g/mol. The van der Waals surface area contributed by atoms with Gasteiger partial charge in [-0.05, 0) is 67.9 Å². The fourth-order valence-corrected chi connectivity index (χ4v) is 5.17. The van der Waals surface area contributed by atoms with Gasteiger partial charge in [0.2, 0.25) is 5.76 Å². The molecule has 2 fully saturated rings. The lowest BCUT2D eigenvalue weighted by Crippen LogP contribution is -2.48. The van der Waals surface area contributed by atoms with Crippen LogP contribution in [0.1, 0.15) is 71.3 Å². The molecule has 0 radical (unpaired) electrons. The van der Waals surface area contributed by atoms with Crippen molar-refractivity contribution in [3.05, 3.63) is 52.7 Å². The molecule has 0 atom stereocenters. The standard InChI is InChI=1S/C25H26N2O4/c1-4-5-18-10-16(2)22(17(3)11-18)23-19(28)12-25(13-20(23)29)6-8-27(9-7-25)24(30)21-14-26-15-31-21/h10-11,14-15,23H,6-9,12-13H2,1-3H3. The number of amides is 1. The molecule has 4 rings (SSSR count). The topological polar surface area (TPSA) is 80.5 Å². The number of Topliss-reactive ketones (excluding diaryl/α,β-unsaturated/α-hetero) is 2. The van der Waals surface area contributed by atoms with Gasteiger partial charge in [0.1, 0.15) is 17.5 Å². The van der Waals surface area contributed by atoms with E-state index in [-0.39, 0.29) is 28.6 Å². The number of hydrogen-bond acceptors (Lipinski definition) is 5. The molecular formula is C25H26N2O4. The molecule has 0 N–H and O–H groups in total. The summed E-state index contributed by atoms with van der Waals surface area (Å²) in [4.78, 5) is 44.5. The second kappa shape index (κ2) is 8.14. The Bertz CT molecular complexity index is 1050. The van der Waals surface area contributed by atoms with E-state index in [0.717, 1.165) is 22.3 Å². The van der Waals surface area contributed by atoms with Crippen LogP contribution in [0.25, 0.3) is 0 Å². The first-order valence-corrected chi connectivity index (χ1v) is 10.6. The Kier molecular flexibility index (Phi) is 5.53. The van der Waals surface area contributed by atoms with Crippen molar-refractivity contribution >= 4 is 17.5 Å². The number of piperidine rings is 1. The summed E-state index contributed by atoms with van der Waals surface area (Å²) in [5, 5.41) is 0. The van der Waals surface area contributed by atoms with Gasteiger partial charge in [-0.25, -0.2) is 4.98 Å². The molecule has 2 aromatic rings. The van der Waals surface area contributed by atoms with Gasteiger partial charge in [-0.3, -0.25) is 14.4 Å². The largest absolute Gasteiger partial charge is 0.438 e. The maximum Gasteiger partial charge on any atom is 0.291 e. The number of oxazole rings is 1. The van der Waals surface area contributed by atoms with E-state index in [9.17, 15) is 14.4 Å². The average molecular weight is 418 g/mol. The lowest BCUT2D eigenvalue weighted by atomic mass is 9.62. The van der Waals surface area contributed by atoms with Gasteiger partial charge in [0.05, 0.1) is 6.20 Å². The van der Waals surface area contributed by atoms with E-state index in [1.165, 1.54) is 12.6 Å². The van der Waals surface area contributed by atoms with Crippen molar-refractivity contribution in [3.63, 3.8) is 0 Å². The molecule has 31 heavy (non-hydrogen) atoms. The van der Waals surface area contributed by atoms with Gasteiger partial charge in [0.15, 0.2) is 6.39 Å². The van der Waals surface area contributed by atoms with E-state index < -0.39 is 5.92 Å². The van der Waals surface area contributed by atoms with Crippen LogP contribution in [0, 0.1) is 31.1 Å². The van der Waals surface area contributed by atoms with Crippen molar-refractivity contribution in [1.29, 1.82) is 0 Å². The number of carbonyl (C=O) groups excluding carboxylic acids is 3. The second-order valence-electron chi connectivity index (χ2n) is 8.78. The molecule has 1 saturated carbocycles. The number of benzene rings is 1. The molecule has 1 saturated heterocycles. The van der Waals surface area contributed by atoms with E-state index in [1.54, 1.807) is 11.8 Å². The molecule has 2 aliphatic rings. The maximum absolute atomic E-state index is 13.2. The first-order valence-electron chi connectivity index (χ1n) is 10.6. The Hall–Kier alpha value is -3.20. The summed E-state index contributed by atoms with van der Waals surface area (Å²) in [7, 11) is 0. The monoisotopic (exact) mass is 418 g/mol. The van der Waals surface area contributed by atoms with Crippen molar-refractivity contribution < 1.29 is 18.8 Å². The van der Waals surface area contributed by atoms with Crippen molar-refractivity contribution in [2.45, 2.75) is 52.4 Å². The Morgan fingerprint density at radius 3 is 2.26 bits per heavy atom. The van der Waals surface area contributed by atoms with Crippen LogP contribution >= 0.6 is 0 Å². The van der Waals surface area contributed by atoms with Crippen LogP contribution in [0.3, 0.4) is 0 Å². The summed E-state index contributed by atoms with van der Waals surface area (Å²) in [5.41, 5.74) is 3.26. The highest BCUT2D eigenvalue weighted by Crippen LogP contribution is 2.46. The minimum Gasteiger partial charge on any atom is -0.438 e. The number of aromatic nitrogens is 1. The third-order valence-corrected chi connectivity index (χ3v) is 6.65. The molecule has 0 bridgehead atoms. The van der Waals surface area contributed by atoms with Crippen LogP contribution in [0.15, 0.2) is 29.1 Å². The van der Waals surface area contributed by atoms with Gasteiger partial charge in [-0.15, -0.1) is 5.92 Å². The molecule has 1 aromatic carbocycles. The van der Waals surface area contributed by atoms with Crippen molar-refractivity contribution in [1.82, 2.24) is 9.88 Å².